The molecule has 2 heterocycles. The Morgan fingerprint density at radius 2 is 2.50 bits per heavy atom. The number of aromatic nitrogens is 1. The molecule has 1 aliphatic heterocycles. The number of nitrogens with one attached hydrogen (secondary N) is 1. The molecule has 1 aromatic heterocycles. The molecule has 0 unspecified atom stereocenters. The van der Waals surface area contributed by atoms with Gasteiger partial charge >= 0.3 is 6.03 Å². The monoisotopic (exact) mass is 249 g/mol. The minimum absolute atomic E-state index is 0.0239. The summed E-state index contributed by atoms with van der Waals surface area (Å²) in [4.78, 5) is 17.8. The van der Waals surface area contributed by atoms with E-state index in [1.807, 2.05) is 19.1 Å². The number of hydrogen-bond acceptors (Lipinski definition) is 3. The number of amides is 2. The van der Waals surface area contributed by atoms with Crippen molar-refractivity contribution in [2.24, 2.45) is 0 Å². The van der Waals surface area contributed by atoms with Gasteiger partial charge in [-0.05, 0) is 37.5 Å². The lowest BCUT2D eigenvalue weighted by Gasteiger charge is -2.23. The zero-order valence-corrected chi connectivity index (χ0v) is 10.6. The molecule has 0 radical (unpaired) electrons. The summed E-state index contributed by atoms with van der Waals surface area (Å²) in [5.41, 5.74) is 1.98. The summed E-state index contributed by atoms with van der Waals surface area (Å²) in [5, 5.41) is 12.1. The number of aliphatic hydroxyl groups excluding tert-OH is 1. The predicted molar refractivity (Wildman–Crippen MR) is 68.0 cm³/mol. The van der Waals surface area contributed by atoms with E-state index in [2.05, 4.69) is 10.3 Å². The van der Waals surface area contributed by atoms with Gasteiger partial charge in [-0.25, -0.2) is 4.79 Å². The molecule has 0 spiro atoms. The van der Waals surface area contributed by atoms with Crippen LogP contribution in [0.15, 0.2) is 18.3 Å². The zero-order valence-electron chi connectivity index (χ0n) is 10.6. The van der Waals surface area contributed by atoms with Gasteiger partial charge in [-0.2, -0.15) is 0 Å². The Labute approximate surface area is 107 Å². The highest BCUT2D eigenvalue weighted by Crippen LogP contribution is 2.16. The number of aliphatic hydroxyl groups is 1. The number of hydrogen-bond donors (Lipinski definition) is 2. The summed E-state index contributed by atoms with van der Waals surface area (Å²) >= 11 is 0. The Morgan fingerprint density at radius 1 is 1.67 bits per heavy atom. The molecule has 1 atom stereocenters. The average molecular weight is 249 g/mol. The summed E-state index contributed by atoms with van der Waals surface area (Å²) in [6.07, 6.45) is 3.59. The molecule has 2 rings (SSSR count). The van der Waals surface area contributed by atoms with Crippen molar-refractivity contribution in [1.29, 1.82) is 0 Å². The molecule has 0 aliphatic carbocycles. The van der Waals surface area contributed by atoms with Crippen LogP contribution >= 0.6 is 0 Å². The van der Waals surface area contributed by atoms with Crippen molar-refractivity contribution in [1.82, 2.24) is 15.2 Å². The predicted octanol–water partition coefficient (Wildman–Crippen LogP) is 1.06. The fraction of sp³-hybridized carbons (Fsp3) is 0.538. The van der Waals surface area contributed by atoms with E-state index < -0.39 is 0 Å². The highest BCUT2D eigenvalue weighted by atomic mass is 16.3. The molecule has 5 nitrogen and oxygen atoms in total. The van der Waals surface area contributed by atoms with Crippen molar-refractivity contribution in [3.8, 4) is 0 Å². The molecule has 0 aromatic carbocycles. The number of carbonyl (C=O) groups is 1. The van der Waals surface area contributed by atoms with Gasteiger partial charge in [-0.3, -0.25) is 4.98 Å². The second-order valence-electron chi connectivity index (χ2n) is 4.64. The molecule has 1 aromatic rings. The molecule has 0 bridgehead atoms. The van der Waals surface area contributed by atoms with E-state index in [1.165, 1.54) is 0 Å². The number of nitrogens with zero attached hydrogens (tertiary/aromatic N) is 2. The third kappa shape index (κ3) is 2.98. The fourth-order valence-corrected chi connectivity index (χ4v) is 2.29. The van der Waals surface area contributed by atoms with Gasteiger partial charge in [0.15, 0.2) is 0 Å². The van der Waals surface area contributed by atoms with Gasteiger partial charge in [0.1, 0.15) is 0 Å². The van der Waals surface area contributed by atoms with Crippen molar-refractivity contribution < 1.29 is 9.90 Å². The second kappa shape index (κ2) is 5.82. The SMILES string of the molecule is Cc1cc(CNC(=O)N2CCC[C@@H]2CO)ccn1. The van der Waals surface area contributed by atoms with Crippen molar-refractivity contribution in [2.75, 3.05) is 13.2 Å². The van der Waals surface area contributed by atoms with Crippen LogP contribution in [-0.2, 0) is 6.54 Å². The van der Waals surface area contributed by atoms with E-state index in [-0.39, 0.29) is 18.7 Å². The Bertz CT molecular complexity index is 422. The normalized spacial score (nSPS) is 19.0. The molecule has 2 N–H and O–H groups in total. The number of urea groups is 1. The van der Waals surface area contributed by atoms with Crippen molar-refractivity contribution in [3.05, 3.63) is 29.6 Å². The lowest BCUT2D eigenvalue weighted by atomic mass is 10.2. The van der Waals surface area contributed by atoms with Crippen molar-refractivity contribution in [3.63, 3.8) is 0 Å². The van der Waals surface area contributed by atoms with Crippen LogP contribution in [0.5, 0.6) is 0 Å². The Kier molecular flexibility index (Phi) is 4.15. The molecule has 98 valence electrons. The lowest BCUT2D eigenvalue weighted by molar-refractivity contribution is 0.157. The van der Waals surface area contributed by atoms with E-state index in [4.69, 9.17) is 0 Å². The quantitative estimate of drug-likeness (QED) is 0.841. The standard InChI is InChI=1S/C13H19N3O2/c1-10-7-11(4-5-14-10)8-15-13(18)16-6-2-3-12(16)9-17/h4-5,7,12,17H,2-3,6,8-9H2,1H3,(H,15,18)/t12-/m1/s1. The molecule has 0 saturated carbocycles. The minimum Gasteiger partial charge on any atom is -0.394 e. The molecule has 1 saturated heterocycles. The largest absolute Gasteiger partial charge is 0.394 e. The maximum atomic E-state index is 12.0. The van der Waals surface area contributed by atoms with Crippen LogP contribution in [0.4, 0.5) is 4.79 Å². The van der Waals surface area contributed by atoms with Gasteiger partial charge < -0.3 is 15.3 Å². The molecule has 2 amide bonds. The number of pyridine rings is 1. The van der Waals surface area contributed by atoms with Crippen LogP contribution in [-0.4, -0.2) is 40.2 Å². The Balaban J connectivity index is 1.88. The third-order valence-corrected chi connectivity index (χ3v) is 3.25. The zero-order chi connectivity index (χ0) is 13.0. The first-order valence-electron chi connectivity index (χ1n) is 6.27. The van der Waals surface area contributed by atoms with Gasteiger partial charge in [0, 0.05) is 25.0 Å². The fourth-order valence-electron chi connectivity index (χ4n) is 2.29. The minimum atomic E-state index is -0.0963. The maximum Gasteiger partial charge on any atom is 0.317 e. The summed E-state index contributed by atoms with van der Waals surface area (Å²) in [6.45, 7) is 3.19. The van der Waals surface area contributed by atoms with Crippen LogP contribution < -0.4 is 5.32 Å². The second-order valence-corrected chi connectivity index (χ2v) is 4.64. The lowest BCUT2D eigenvalue weighted by Crippen LogP contribution is -2.43. The van der Waals surface area contributed by atoms with E-state index in [0.717, 1.165) is 30.6 Å². The first kappa shape index (κ1) is 12.8. The molecule has 1 aliphatic rings. The van der Waals surface area contributed by atoms with E-state index in [9.17, 15) is 9.90 Å². The van der Waals surface area contributed by atoms with Crippen LogP contribution in [0.3, 0.4) is 0 Å². The van der Waals surface area contributed by atoms with Crippen LogP contribution in [0.25, 0.3) is 0 Å². The molecule has 5 heteroatoms. The highest BCUT2D eigenvalue weighted by Gasteiger charge is 2.27. The summed E-state index contributed by atoms with van der Waals surface area (Å²) < 4.78 is 0. The van der Waals surface area contributed by atoms with Gasteiger partial charge in [0.05, 0.1) is 12.6 Å². The topological polar surface area (TPSA) is 65.5 Å². The van der Waals surface area contributed by atoms with Crippen molar-refractivity contribution in [2.45, 2.75) is 32.4 Å². The first-order chi connectivity index (χ1) is 8.70. The molecule has 1 fully saturated rings. The number of aryl methyl sites for hydroxylation is 1. The first-order valence-corrected chi connectivity index (χ1v) is 6.27. The molecular weight excluding hydrogens is 230 g/mol. The van der Waals surface area contributed by atoms with Gasteiger partial charge in [0.2, 0.25) is 0 Å². The number of carbonyl (C=O) groups excluding carboxylic acids is 1. The summed E-state index contributed by atoms with van der Waals surface area (Å²) in [5.74, 6) is 0. The van der Waals surface area contributed by atoms with Gasteiger partial charge in [-0.15, -0.1) is 0 Å². The molecule has 18 heavy (non-hydrogen) atoms. The maximum absolute atomic E-state index is 12.0. The van der Waals surface area contributed by atoms with E-state index in [1.54, 1.807) is 11.1 Å². The summed E-state index contributed by atoms with van der Waals surface area (Å²) in [6, 6.07) is 3.72. The van der Waals surface area contributed by atoms with Gasteiger partial charge in [-0.1, -0.05) is 0 Å². The van der Waals surface area contributed by atoms with Crippen LogP contribution in [0.1, 0.15) is 24.1 Å². The number of rotatable bonds is 3. The van der Waals surface area contributed by atoms with E-state index >= 15 is 0 Å². The average Bonchev–Trinajstić information content (AvgIpc) is 2.84. The van der Waals surface area contributed by atoms with Crippen LogP contribution in [0.2, 0.25) is 0 Å². The Morgan fingerprint density at radius 3 is 3.22 bits per heavy atom. The highest BCUT2D eigenvalue weighted by molar-refractivity contribution is 5.74. The van der Waals surface area contributed by atoms with E-state index in [0.29, 0.717) is 6.54 Å². The smallest absolute Gasteiger partial charge is 0.317 e. The van der Waals surface area contributed by atoms with Crippen LogP contribution in [0, 0.1) is 6.92 Å². The summed E-state index contributed by atoms with van der Waals surface area (Å²) in [7, 11) is 0. The van der Waals surface area contributed by atoms with Gasteiger partial charge in [0.25, 0.3) is 0 Å². The third-order valence-electron chi connectivity index (χ3n) is 3.25. The molecular formula is C13H19N3O2. The Hall–Kier alpha value is -1.62. The van der Waals surface area contributed by atoms with Crippen molar-refractivity contribution >= 4 is 6.03 Å². The number of likely N-dealkylation sites (tertiary alicyclic amines) is 1.